The average Bonchev–Trinajstić information content (AvgIpc) is 3.84. The number of Topliss-reactive ketones (excluding diaryl/α,β-unsaturated/α-hetero) is 1. The minimum absolute atomic E-state index is 0.0398. The first-order chi connectivity index (χ1) is 26.5. The molecule has 1 aliphatic carbocycles. The summed E-state index contributed by atoms with van der Waals surface area (Å²) in [6.45, 7) is 1.04. The number of hydrogen-bond acceptors (Lipinski definition) is 20. The van der Waals surface area contributed by atoms with E-state index < -0.39 is 122 Å². The van der Waals surface area contributed by atoms with Crippen LogP contribution in [0.5, 0.6) is 0 Å². The van der Waals surface area contributed by atoms with E-state index in [9.17, 15) is 65.1 Å². The van der Waals surface area contributed by atoms with Crippen molar-refractivity contribution < 1.29 is 93.6 Å². The number of carbonyl (C=O) groups excluding carboxylic acids is 4. The molecule has 23 nitrogen and oxygen atoms in total. The number of hydrogen-bond donors (Lipinski definition) is 12. The molecule has 0 aromatic rings. The van der Waals surface area contributed by atoms with Gasteiger partial charge in [-0.25, -0.2) is 0 Å². The minimum Gasteiger partial charge on any atom is -0.388 e. The van der Waals surface area contributed by atoms with Gasteiger partial charge in [0.25, 0.3) is 0 Å². The quantitative estimate of drug-likeness (QED) is 0.0508. The van der Waals surface area contributed by atoms with E-state index in [-0.39, 0.29) is 71.1 Å². The zero-order chi connectivity index (χ0) is 41.3. The van der Waals surface area contributed by atoms with Crippen molar-refractivity contribution in [1.82, 2.24) is 20.9 Å². The Bertz CT molecular complexity index is 1320. The molecule has 322 valence electrons. The maximum absolute atomic E-state index is 13.1. The molecule has 15 atom stereocenters. The second-order valence-electron chi connectivity index (χ2n) is 14.3. The van der Waals surface area contributed by atoms with Crippen molar-refractivity contribution in [2.24, 2.45) is 0 Å². The Kier molecular flexibility index (Phi) is 17.2. The first-order valence-corrected chi connectivity index (χ1v) is 18.4. The first kappa shape index (κ1) is 46.1. The molecule has 0 spiro atoms. The van der Waals surface area contributed by atoms with E-state index in [1.54, 1.807) is 0 Å². The van der Waals surface area contributed by atoms with Gasteiger partial charge in [0.05, 0.1) is 57.3 Å². The lowest BCUT2D eigenvalue weighted by atomic mass is 10.0. The molecule has 1 unspecified atom stereocenters. The molecule has 3 aliphatic heterocycles. The van der Waals surface area contributed by atoms with Crippen LogP contribution in [-0.4, -0.2) is 225 Å². The molecule has 0 bridgehead atoms. The number of nitrogens with one attached hydrogen (secondary N) is 3. The molecule has 23 heteroatoms. The summed E-state index contributed by atoms with van der Waals surface area (Å²) in [4.78, 5) is 53.1. The normalized spacial score (nSPS) is 38.6. The molecular weight excluding hydrogens is 756 g/mol. The van der Waals surface area contributed by atoms with E-state index in [0.29, 0.717) is 0 Å². The van der Waals surface area contributed by atoms with Crippen LogP contribution >= 0.6 is 0 Å². The smallest absolute Gasteiger partial charge is 0.234 e. The zero-order valence-electron chi connectivity index (χ0n) is 31.1. The predicted molar refractivity (Wildman–Crippen MR) is 183 cm³/mol. The Morgan fingerprint density at radius 1 is 0.643 bits per heavy atom. The number of aliphatic hydroxyl groups is 9. The van der Waals surface area contributed by atoms with Crippen LogP contribution in [0.15, 0.2) is 0 Å². The summed E-state index contributed by atoms with van der Waals surface area (Å²) in [5, 5.41) is 97.0. The van der Waals surface area contributed by atoms with Gasteiger partial charge in [-0.2, -0.15) is 0 Å². The SMILES string of the molecule is C[C@@H]1O[C@@H](OCCNC(=O)CCC2(N(CC(=O)NCCO[C@@H]3O[C@@H](C)[C@@H](O)[C@@H](O)[C@@H]3O)CC(=O)NCCO[C@@H]3OC[C@@H](O)[C@@H](O)[C@@H]3O)CC2=O)[C@@H](O)[C@H](O)[C@@H]1O. The third-order valence-corrected chi connectivity index (χ3v) is 10.1. The van der Waals surface area contributed by atoms with E-state index in [1.807, 2.05) is 0 Å². The monoisotopic (exact) mass is 812 g/mol. The van der Waals surface area contributed by atoms with Gasteiger partial charge in [0.15, 0.2) is 24.7 Å². The van der Waals surface area contributed by atoms with Crippen LogP contribution in [0.1, 0.15) is 33.1 Å². The molecule has 0 aromatic heterocycles. The Morgan fingerprint density at radius 2 is 1.05 bits per heavy atom. The van der Waals surface area contributed by atoms with Crippen LogP contribution in [0.3, 0.4) is 0 Å². The lowest BCUT2D eigenvalue weighted by molar-refractivity contribution is -0.292. The summed E-state index contributed by atoms with van der Waals surface area (Å²) in [5.74, 6) is -2.05. The minimum atomic E-state index is -1.55. The van der Waals surface area contributed by atoms with Crippen molar-refractivity contribution in [3.63, 3.8) is 0 Å². The van der Waals surface area contributed by atoms with Crippen molar-refractivity contribution in [3.8, 4) is 0 Å². The van der Waals surface area contributed by atoms with Crippen LogP contribution in [-0.2, 0) is 47.6 Å². The second-order valence-corrected chi connectivity index (χ2v) is 14.3. The number of carbonyl (C=O) groups is 4. The number of amides is 3. The second kappa shape index (κ2) is 20.9. The van der Waals surface area contributed by atoms with Gasteiger partial charge >= 0.3 is 0 Å². The molecule has 56 heavy (non-hydrogen) atoms. The summed E-state index contributed by atoms with van der Waals surface area (Å²) in [6.07, 6.45) is -18.8. The first-order valence-electron chi connectivity index (χ1n) is 18.4. The highest BCUT2D eigenvalue weighted by atomic mass is 16.7. The van der Waals surface area contributed by atoms with Gasteiger partial charge in [-0.3, -0.25) is 24.1 Å². The van der Waals surface area contributed by atoms with Crippen molar-refractivity contribution in [1.29, 1.82) is 0 Å². The number of rotatable bonds is 20. The van der Waals surface area contributed by atoms with E-state index in [4.69, 9.17) is 28.4 Å². The fraction of sp³-hybridized carbons (Fsp3) is 0.879. The molecular formula is C33H56N4O19. The van der Waals surface area contributed by atoms with Gasteiger partial charge in [-0.05, 0) is 20.3 Å². The van der Waals surface area contributed by atoms with Crippen LogP contribution in [0.2, 0.25) is 0 Å². The third kappa shape index (κ3) is 12.0. The van der Waals surface area contributed by atoms with Crippen molar-refractivity contribution in [3.05, 3.63) is 0 Å². The predicted octanol–water partition coefficient (Wildman–Crippen LogP) is -7.73. The summed E-state index contributed by atoms with van der Waals surface area (Å²) < 4.78 is 32.1. The molecule has 4 rings (SSSR count). The van der Waals surface area contributed by atoms with E-state index in [1.165, 1.54) is 18.7 Å². The Balaban J connectivity index is 1.27. The van der Waals surface area contributed by atoms with Crippen molar-refractivity contribution in [2.45, 2.75) is 125 Å². The maximum atomic E-state index is 13.1. The Morgan fingerprint density at radius 3 is 1.50 bits per heavy atom. The van der Waals surface area contributed by atoms with Gasteiger partial charge in [-0.1, -0.05) is 0 Å². The van der Waals surface area contributed by atoms with Crippen molar-refractivity contribution >= 4 is 23.5 Å². The topological polar surface area (TPSA) is 345 Å². The van der Waals surface area contributed by atoms with E-state index in [0.717, 1.165) is 0 Å². The molecule has 0 aromatic carbocycles. The zero-order valence-corrected chi connectivity index (χ0v) is 31.1. The van der Waals surface area contributed by atoms with Crippen LogP contribution in [0.25, 0.3) is 0 Å². The Labute approximate surface area is 321 Å². The van der Waals surface area contributed by atoms with Crippen molar-refractivity contribution in [2.75, 3.05) is 59.2 Å². The van der Waals surface area contributed by atoms with Crippen LogP contribution in [0.4, 0.5) is 0 Å². The highest BCUT2D eigenvalue weighted by molar-refractivity contribution is 6.06. The van der Waals surface area contributed by atoms with Gasteiger partial charge in [0.1, 0.15) is 54.9 Å². The maximum Gasteiger partial charge on any atom is 0.234 e. The number of nitrogens with zero attached hydrogens (tertiary/aromatic N) is 1. The van der Waals surface area contributed by atoms with Gasteiger partial charge in [0.2, 0.25) is 17.7 Å². The highest BCUT2D eigenvalue weighted by Crippen LogP contribution is 2.41. The standard InChI is InChI=1S/C33H56N4O19/c1-15-22(43)25(46)28(49)31(55-15)52-9-5-34-19(40)3-4-33(11-18(33)39)37(12-20(41)35-6-8-51-30-27(48)24(45)17(38)14-54-30)13-21(42)36-7-10-53-32-29(50)26(47)23(44)16(2)56-32/h15-17,22-32,38,43-50H,3-14H2,1-2H3,(H,34,40)(H,35,41)(H,36,42)/t15-,16-,17+,22+,23+,24+,25+,26+,27-,28-,29-,30+,31+,32+,33?/m0/s1. The average molecular weight is 813 g/mol. The fourth-order valence-electron chi connectivity index (χ4n) is 6.45. The van der Waals surface area contributed by atoms with Gasteiger partial charge in [-0.15, -0.1) is 0 Å². The molecule has 4 aliphatic rings. The molecule has 4 fully saturated rings. The highest BCUT2D eigenvalue weighted by Gasteiger charge is 2.58. The molecule has 0 radical (unpaired) electrons. The summed E-state index contributed by atoms with van der Waals surface area (Å²) in [5.41, 5.74) is -1.34. The van der Waals surface area contributed by atoms with Gasteiger partial charge < -0.3 is 90.3 Å². The third-order valence-electron chi connectivity index (χ3n) is 10.1. The Hall–Kier alpha value is -2.56. The summed E-state index contributed by atoms with van der Waals surface area (Å²) in [6, 6.07) is 0. The lowest BCUT2D eigenvalue weighted by Gasteiger charge is -2.38. The van der Waals surface area contributed by atoms with Gasteiger partial charge in [0, 0.05) is 32.5 Å². The number of aliphatic hydroxyl groups excluding tert-OH is 9. The molecule has 3 saturated heterocycles. The number of ether oxygens (including phenoxy) is 6. The molecule has 1 saturated carbocycles. The van der Waals surface area contributed by atoms with E-state index >= 15 is 0 Å². The largest absolute Gasteiger partial charge is 0.388 e. The molecule has 12 N–H and O–H groups in total. The van der Waals surface area contributed by atoms with Crippen LogP contribution < -0.4 is 16.0 Å². The fourth-order valence-corrected chi connectivity index (χ4v) is 6.45. The summed E-state index contributed by atoms with van der Waals surface area (Å²) >= 11 is 0. The molecule has 3 amide bonds. The molecule has 3 heterocycles. The number of ketones is 1. The van der Waals surface area contributed by atoms with E-state index in [2.05, 4.69) is 16.0 Å². The summed E-state index contributed by atoms with van der Waals surface area (Å²) in [7, 11) is 0. The lowest BCUT2D eigenvalue weighted by Crippen LogP contribution is -2.57. The van der Waals surface area contributed by atoms with Crippen LogP contribution in [0, 0.1) is 0 Å².